The maximum atomic E-state index is 11.8. The molecule has 1 aliphatic rings. The normalized spacial score (nSPS) is 16.8. The van der Waals surface area contributed by atoms with E-state index in [2.05, 4.69) is 0 Å². The first-order valence-corrected chi connectivity index (χ1v) is 10.6. The number of nitro benzene ring substituents is 1. The zero-order valence-corrected chi connectivity index (χ0v) is 16.7. The molecule has 0 radical (unpaired) electrons. The molecule has 28 heavy (non-hydrogen) atoms. The Morgan fingerprint density at radius 1 is 1.14 bits per heavy atom. The first-order valence-electron chi connectivity index (χ1n) is 8.73. The molecule has 0 aliphatic carbocycles. The van der Waals surface area contributed by atoms with Gasteiger partial charge in [0.1, 0.15) is 17.2 Å². The fourth-order valence-electron chi connectivity index (χ4n) is 3.60. The number of hydrogen-bond acceptors (Lipinski definition) is 7. The van der Waals surface area contributed by atoms with Gasteiger partial charge in [-0.2, -0.15) is 0 Å². The molecule has 1 saturated heterocycles. The molecule has 2 aromatic rings. The maximum absolute atomic E-state index is 11.8. The second-order valence-electron chi connectivity index (χ2n) is 6.64. The minimum atomic E-state index is -3.54. The molecule has 0 aromatic heterocycles. The van der Waals surface area contributed by atoms with Crippen LogP contribution in [0.15, 0.2) is 41.3 Å². The second-order valence-corrected chi connectivity index (χ2v) is 8.65. The second kappa shape index (κ2) is 7.67. The minimum Gasteiger partial charge on any atom is -0.497 e. The molecular weight excluding hydrogens is 384 g/mol. The fourth-order valence-corrected chi connectivity index (χ4v) is 4.24. The van der Waals surface area contributed by atoms with Crippen LogP contribution in [0.3, 0.4) is 0 Å². The molecule has 0 spiro atoms. The van der Waals surface area contributed by atoms with Crippen molar-refractivity contribution in [2.75, 3.05) is 31.9 Å². The number of nitro groups is 1. The lowest BCUT2D eigenvalue weighted by molar-refractivity contribution is -0.384. The van der Waals surface area contributed by atoms with Gasteiger partial charge in [0.2, 0.25) is 0 Å². The van der Waals surface area contributed by atoms with Gasteiger partial charge in [-0.15, -0.1) is 0 Å². The topological polar surface area (TPSA) is 99.0 Å². The Kier molecular flexibility index (Phi) is 5.46. The summed E-state index contributed by atoms with van der Waals surface area (Å²) in [4.78, 5) is 13.0. The van der Waals surface area contributed by atoms with Gasteiger partial charge >= 0.3 is 0 Å². The minimum absolute atomic E-state index is 0.0688. The number of sulfone groups is 1. The highest BCUT2D eigenvalue weighted by Crippen LogP contribution is 2.44. The molecule has 1 heterocycles. The Labute approximate surface area is 163 Å². The molecule has 0 N–H and O–H groups in total. The number of nitrogens with zero attached hydrogens (tertiary/aromatic N) is 2. The summed E-state index contributed by atoms with van der Waals surface area (Å²) in [6.07, 6.45) is 2.69. The van der Waals surface area contributed by atoms with Crippen molar-refractivity contribution in [3.8, 4) is 11.5 Å². The van der Waals surface area contributed by atoms with Crippen LogP contribution in [0.2, 0.25) is 0 Å². The van der Waals surface area contributed by atoms with Crippen LogP contribution in [-0.2, 0) is 9.84 Å². The number of anilines is 1. The average Bonchev–Trinajstić information content (AvgIpc) is 3.15. The summed E-state index contributed by atoms with van der Waals surface area (Å²) in [6.45, 7) is 0.624. The van der Waals surface area contributed by atoms with Gasteiger partial charge in [-0.1, -0.05) is 0 Å². The third-order valence-corrected chi connectivity index (χ3v) is 6.04. The van der Waals surface area contributed by atoms with Crippen molar-refractivity contribution in [2.24, 2.45) is 0 Å². The number of benzene rings is 2. The van der Waals surface area contributed by atoms with Crippen molar-refractivity contribution >= 4 is 21.2 Å². The molecule has 9 heteroatoms. The molecule has 1 aliphatic heterocycles. The van der Waals surface area contributed by atoms with Crippen LogP contribution in [0.1, 0.15) is 24.4 Å². The van der Waals surface area contributed by atoms with E-state index in [1.807, 2.05) is 17.0 Å². The van der Waals surface area contributed by atoms with Gasteiger partial charge in [0.15, 0.2) is 9.84 Å². The van der Waals surface area contributed by atoms with Gasteiger partial charge in [-0.3, -0.25) is 10.1 Å². The Balaban J connectivity index is 2.08. The molecule has 0 bridgehead atoms. The molecule has 0 amide bonds. The number of ether oxygens (including phenoxy) is 2. The summed E-state index contributed by atoms with van der Waals surface area (Å²) in [5, 5.41) is 11.7. The van der Waals surface area contributed by atoms with Crippen LogP contribution in [0.5, 0.6) is 11.5 Å². The Morgan fingerprint density at radius 2 is 1.89 bits per heavy atom. The molecule has 150 valence electrons. The molecule has 1 unspecified atom stereocenters. The highest BCUT2D eigenvalue weighted by Gasteiger charge is 2.33. The highest BCUT2D eigenvalue weighted by molar-refractivity contribution is 7.90. The zero-order valence-electron chi connectivity index (χ0n) is 15.9. The Morgan fingerprint density at radius 3 is 2.50 bits per heavy atom. The van der Waals surface area contributed by atoms with Crippen LogP contribution < -0.4 is 14.4 Å². The largest absolute Gasteiger partial charge is 0.497 e. The quantitative estimate of drug-likeness (QED) is 0.536. The lowest BCUT2D eigenvalue weighted by atomic mass is 10.0. The summed E-state index contributed by atoms with van der Waals surface area (Å²) in [6, 6.07) is 9.45. The first kappa shape index (κ1) is 19.9. The third kappa shape index (κ3) is 3.75. The number of rotatable bonds is 6. The zero-order chi connectivity index (χ0) is 20.5. The van der Waals surface area contributed by atoms with E-state index in [9.17, 15) is 18.5 Å². The van der Waals surface area contributed by atoms with Crippen LogP contribution in [0.4, 0.5) is 11.4 Å². The van der Waals surface area contributed by atoms with Gasteiger partial charge < -0.3 is 14.4 Å². The van der Waals surface area contributed by atoms with Crippen molar-refractivity contribution < 1.29 is 22.8 Å². The average molecular weight is 406 g/mol. The summed E-state index contributed by atoms with van der Waals surface area (Å²) in [5.41, 5.74) is 1.09. The van der Waals surface area contributed by atoms with Crippen LogP contribution in [0, 0.1) is 10.1 Å². The Bertz CT molecular complexity index is 1010. The van der Waals surface area contributed by atoms with Gasteiger partial charge in [0, 0.05) is 30.5 Å². The van der Waals surface area contributed by atoms with E-state index in [0.717, 1.165) is 30.7 Å². The number of methoxy groups -OCH3 is 2. The fraction of sp³-hybridized carbons (Fsp3) is 0.368. The predicted molar refractivity (Wildman–Crippen MR) is 105 cm³/mol. The molecule has 0 saturated carbocycles. The lowest BCUT2D eigenvalue weighted by Gasteiger charge is -2.28. The monoisotopic (exact) mass is 406 g/mol. The van der Waals surface area contributed by atoms with Crippen LogP contribution in [0.25, 0.3) is 0 Å². The first-order chi connectivity index (χ1) is 13.3. The summed E-state index contributed by atoms with van der Waals surface area (Å²) in [5.74, 6) is 1.31. The van der Waals surface area contributed by atoms with Crippen LogP contribution >= 0.6 is 0 Å². The lowest BCUT2D eigenvalue weighted by Crippen LogP contribution is -2.24. The third-order valence-electron chi connectivity index (χ3n) is 4.93. The Hall–Kier alpha value is -2.81. The van der Waals surface area contributed by atoms with E-state index in [-0.39, 0.29) is 16.6 Å². The predicted octanol–water partition coefficient (Wildman–Crippen LogP) is 3.36. The van der Waals surface area contributed by atoms with E-state index < -0.39 is 14.8 Å². The van der Waals surface area contributed by atoms with Crippen molar-refractivity contribution in [1.82, 2.24) is 0 Å². The SMILES string of the molecule is COc1ccc(C2CCCN2c2ccc(S(C)(=O)=O)cc2[N+](=O)[O-])c(OC)c1. The van der Waals surface area contributed by atoms with Gasteiger partial charge in [-0.25, -0.2) is 8.42 Å². The van der Waals surface area contributed by atoms with E-state index >= 15 is 0 Å². The van der Waals surface area contributed by atoms with Crippen molar-refractivity contribution in [2.45, 2.75) is 23.8 Å². The molecular formula is C19H22N2O6S. The highest BCUT2D eigenvalue weighted by atomic mass is 32.2. The maximum Gasteiger partial charge on any atom is 0.293 e. The summed E-state index contributed by atoms with van der Waals surface area (Å²) in [7, 11) is -0.397. The molecule has 1 atom stereocenters. The van der Waals surface area contributed by atoms with Crippen molar-refractivity contribution in [1.29, 1.82) is 0 Å². The summed E-state index contributed by atoms with van der Waals surface area (Å²) >= 11 is 0. The summed E-state index contributed by atoms with van der Waals surface area (Å²) < 4.78 is 34.4. The van der Waals surface area contributed by atoms with Crippen molar-refractivity contribution in [3.63, 3.8) is 0 Å². The van der Waals surface area contributed by atoms with E-state index in [1.165, 1.54) is 12.1 Å². The smallest absolute Gasteiger partial charge is 0.293 e. The standard InChI is InChI=1S/C19H22N2O6S/c1-26-13-6-8-15(19(11-13)27-2)16-5-4-10-20(16)17-9-7-14(28(3,24)25)12-18(17)21(22)23/h6-9,11-12,16H,4-5,10H2,1-3H3. The molecule has 3 rings (SSSR count). The van der Waals surface area contributed by atoms with Gasteiger partial charge in [-0.05, 0) is 37.1 Å². The van der Waals surface area contributed by atoms with E-state index in [1.54, 1.807) is 20.3 Å². The van der Waals surface area contributed by atoms with Crippen molar-refractivity contribution in [3.05, 3.63) is 52.1 Å². The van der Waals surface area contributed by atoms with E-state index in [4.69, 9.17) is 9.47 Å². The number of hydrogen-bond donors (Lipinski definition) is 0. The van der Waals surface area contributed by atoms with Crippen LogP contribution in [-0.4, -0.2) is 40.4 Å². The molecule has 1 fully saturated rings. The van der Waals surface area contributed by atoms with Gasteiger partial charge in [0.25, 0.3) is 5.69 Å². The van der Waals surface area contributed by atoms with Gasteiger partial charge in [0.05, 0.1) is 30.1 Å². The van der Waals surface area contributed by atoms with E-state index in [0.29, 0.717) is 23.7 Å². The molecule has 8 nitrogen and oxygen atoms in total. The molecule has 2 aromatic carbocycles.